The molecule has 2 aromatic carbocycles. The number of ether oxygens (including phenoxy) is 1. The van der Waals surface area contributed by atoms with Crippen LogP contribution >= 0.6 is 0 Å². The van der Waals surface area contributed by atoms with Crippen molar-refractivity contribution >= 4 is 5.91 Å². The summed E-state index contributed by atoms with van der Waals surface area (Å²) < 4.78 is 5.46. The largest absolute Gasteiger partial charge is 0.507 e. The van der Waals surface area contributed by atoms with Gasteiger partial charge < -0.3 is 26.0 Å². The molecule has 5 N–H and O–H groups in total. The van der Waals surface area contributed by atoms with Gasteiger partial charge in [-0.05, 0) is 17.7 Å². The fourth-order valence-electron chi connectivity index (χ4n) is 2.15. The van der Waals surface area contributed by atoms with E-state index in [1.807, 2.05) is 30.3 Å². The van der Waals surface area contributed by atoms with Gasteiger partial charge in [-0.15, -0.1) is 0 Å². The lowest BCUT2D eigenvalue weighted by atomic mass is 10.1. The zero-order valence-corrected chi connectivity index (χ0v) is 12.6. The predicted octanol–water partition coefficient (Wildman–Crippen LogP) is 1.19. The molecule has 0 saturated carbocycles. The number of nitrogens with one attached hydrogen (secondary N) is 1. The van der Waals surface area contributed by atoms with E-state index >= 15 is 0 Å². The number of hydrogen-bond acceptors (Lipinski definition) is 5. The number of hydrogen-bond donors (Lipinski definition) is 4. The number of amides is 1. The van der Waals surface area contributed by atoms with Crippen molar-refractivity contribution in [3.05, 3.63) is 59.7 Å². The highest BCUT2D eigenvalue weighted by Crippen LogP contribution is 2.26. The lowest BCUT2D eigenvalue weighted by Gasteiger charge is -2.13. The molecule has 0 radical (unpaired) electrons. The van der Waals surface area contributed by atoms with E-state index < -0.39 is 12.0 Å². The standard InChI is InChI=1S/C17H20N2O4/c18-17(22)16-13(20)7-4-8-15(16)23-10-9-19-11-14(21)12-5-2-1-3-6-12/h1-8,14,19-21H,9-11H2,(H2,18,22). The summed E-state index contributed by atoms with van der Waals surface area (Å²) in [6.07, 6.45) is -0.599. The molecule has 0 bridgehead atoms. The van der Waals surface area contributed by atoms with Gasteiger partial charge in [0.05, 0.1) is 6.10 Å². The Labute approximate surface area is 134 Å². The average Bonchev–Trinajstić information content (AvgIpc) is 2.54. The molecule has 0 saturated heterocycles. The van der Waals surface area contributed by atoms with Crippen LogP contribution in [0.25, 0.3) is 0 Å². The van der Waals surface area contributed by atoms with Crippen LogP contribution in [0.15, 0.2) is 48.5 Å². The summed E-state index contributed by atoms with van der Waals surface area (Å²) >= 11 is 0. The first kappa shape index (κ1) is 16.8. The SMILES string of the molecule is NC(=O)c1c(O)cccc1OCCNCC(O)c1ccccc1. The van der Waals surface area contributed by atoms with Crippen LogP contribution in [0.1, 0.15) is 22.0 Å². The molecule has 23 heavy (non-hydrogen) atoms. The van der Waals surface area contributed by atoms with Crippen molar-refractivity contribution in [2.45, 2.75) is 6.10 Å². The maximum Gasteiger partial charge on any atom is 0.256 e. The van der Waals surface area contributed by atoms with Crippen LogP contribution in [-0.2, 0) is 0 Å². The molecular weight excluding hydrogens is 296 g/mol. The summed E-state index contributed by atoms with van der Waals surface area (Å²) in [7, 11) is 0. The van der Waals surface area contributed by atoms with Gasteiger partial charge in [-0.25, -0.2) is 0 Å². The highest BCUT2D eigenvalue weighted by atomic mass is 16.5. The third kappa shape index (κ3) is 4.70. The van der Waals surface area contributed by atoms with Crippen molar-refractivity contribution in [2.75, 3.05) is 19.7 Å². The van der Waals surface area contributed by atoms with Crippen LogP contribution in [-0.4, -0.2) is 35.8 Å². The molecule has 0 spiro atoms. The van der Waals surface area contributed by atoms with Crippen LogP contribution in [0, 0.1) is 0 Å². The first-order valence-corrected chi connectivity index (χ1v) is 7.28. The molecule has 0 aliphatic rings. The topological polar surface area (TPSA) is 105 Å². The van der Waals surface area contributed by atoms with Crippen molar-refractivity contribution in [1.82, 2.24) is 5.32 Å². The van der Waals surface area contributed by atoms with Crippen molar-refractivity contribution in [3.8, 4) is 11.5 Å². The van der Waals surface area contributed by atoms with Gasteiger partial charge in [0.25, 0.3) is 5.91 Å². The average molecular weight is 316 g/mol. The molecule has 122 valence electrons. The lowest BCUT2D eigenvalue weighted by Crippen LogP contribution is -2.26. The van der Waals surface area contributed by atoms with Gasteiger partial charge >= 0.3 is 0 Å². The summed E-state index contributed by atoms with van der Waals surface area (Å²) in [5.74, 6) is -0.712. The first-order chi connectivity index (χ1) is 11.1. The van der Waals surface area contributed by atoms with E-state index in [-0.39, 0.29) is 23.7 Å². The van der Waals surface area contributed by atoms with E-state index in [1.165, 1.54) is 6.07 Å². The molecule has 2 aromatic rings. The molecule has 0 fully saturated rings. The number of primary amides is 1. The zero-order chi connectivity index (χ0) is 16.7. The molecular formula is C17H20N2O4. The van der Waals surface area contributed by atoms with Gasteiger partial charge in [0.15, 0.2) is 0 Å². The van der Waals surface area contributed by atoms with Crippen LogP contribution in [0.5, 0.6) is 11.5 Å². The van der Waals surface area contributed by atoms with Gasteiger partial charge in [-0.1, -0.05) is 36.4 Å². The summed E-state index contributed by atoms with van der Waals surface area (Å²) in [6, 6.07) is 13.9. The predicted molar refractivity (Wildman–Crippen MR) is 86.4 cm³/mol. The van der Waals surface area contributed by atoms with Crippen LogP contribution in [0.4, 0.5) is 0 Å². The Morgan fingerprint density at radius 1 is 1.17 bits per heavy atom. The third-order valence-corrected chi connectivity index (χ3v) is 3.31. The summed E-state index contributed by atoms with van der Waals surface area (Å²) in [5, 5.41) is 22.7. The highest BCUT2D eigenvalue weighted by molar-refractivity contribution is 5.98. The Morgan fingerprint density at radius 2 is 1.91 bits per heavy atom. The number of carbonyl (C=O) groups is 1. The fraction of sp³-hybridized carbons (Fsp3) is 0.235. The molecule has 0 aromatic heterocycles. The lowest BCUT2D eigenvalue weighted by molar-refractivity contribution is 0.0993. The van der Waals surface area contributed by atoms with Crippen molar-refractivity contribution < 1.29 is 19.7 Å². The van der Waals surface area contributed by atoms with E-state index in [4.69, 9.17) is 10.5 Å². The Bertz CT molecular complexity index is 646. The second-order valence-electron chi connectivity index (χ2n) is 4.99. The number of rotatable bonds is 8. The Hall–Kier alpha value is -2.57. The van der Waals surface area contributed by atoms with E-state index in [1.54, 1.807) is 12.1 Å². The molecule has 6 heteroatoms. The van der Waals surface area contributed by atoms with Crippen LogP contribution in [0.3, 0.4) is 0 Å². The highest BCUT2D eigenvalue weighted by Gasteiger charge is 2.14. The third-order valence-electron chi connectivity index (χ3n) is 3.31. The van der Waals surface area contributed by atoms with Crippen LogP contribution < -0.4 is 15.8 Å². The normalized spacial score (nSPS) is 11.9. The van der Waals surface area contributed by atoms with Crippen molar-refractivity contribution in [1.29, 1.82) is 0 Å². The summed E-state index contributed by atoms with van der Waals surface area (Å²) in [5.41, 5.74) is 6.03. The zero-order valence-electron chi connectivity index (χ0n) is 12.6. The van der Waals surface area contributed by atoms with E-state index in [0.29, 0.717) is 13.1 Å². The Morgan fingerprint density at radius 3 is 2.61 bits per heavy atom. The smallest absolute Gasteiger partial charge is 0.256 e. The molecule has 6 nitrogen and oxygen atoms in total. The number of aliphatic hydroxyl groups is 1. The number of aromatic hydroxyl groups is 1. The molecule has 1 amide bonds. The maximum absolute atomic E-state index is 11.3. The van der Waals surface area contributed by atoms with Crippen LogP contribution in [0.2, 0.25) is 0 Å². The van der Waals surface area contributed by atoms with E-state index in [0.717, 1.165) is 5.56 Å². The minimum absolute atomic E-state index is 0.0307. The molecule has 1 unspecified atom stereocenters. The fourth-order valence-corrected chi connectivity index (χ4v) is 2.15. The minimum Gasteiger partial charge on any atom is -0.507 e. The molecule has 0 aliphatic heterocycles. The van der Waals surface area contributed by atoms with Crippen molar-refractivity contribution in [3.63, 3.8) is 0 Å². The van der Waals surface area contributed by atoms with Crippen molar-refractivity contribution in [2.24, 2.45) is 5.73 Å². The number of nitrogens with two attached hydrogens (primary N) is 1. The van der Waals surface area contributed by atoms with E-state index in [2.05, 4.69) is 5.32 Å². The molecule has 0 heterocycles. The maximum atomic E-state index is 11.3. The Balaban J connectivity index is 1.78. The van der Waals surface area contributed by atoms with Gasteiger partial charge in [-0.3, -0.25) is 4.79 Å². The second kappa shape index (κ2) is 8.17. The van der Waals surface area contributed by atoms with Gasteiger partial charge in [-0.2, -0.15) is 0 Å². The molecule has 0 aliphatic carbocycles. The van der Waals surface area contributed by atoms with Gasteiger partial charge in [0, 0.05) is 13.1 Å². The quantitative estimate of drug-likeness (QED) is 0.548. The van der Waals surface area contributed by atoms with Gasteiger partial charge in [0.1, 0.15) is 23.7 Å². The number of benzene rings is 2. The summed E-state index contributed by atoms with van der Waals surface area (Å²) in [4.78, 5) is 11.3. The number of aliphatic hydroxyl groups excluding tert-OH is 1. The first-order valence-electron chi connectivity index (χ1n) is 7.28. The van der Waals surface area contributed by atoms with Gasteiger partial charge in [0.2, 0.25) is 0 Å². The monoisotopic (exact) mass is 316 g/mol. The molecule has 1 atom stereocenters. The summed E-state index contributed by atoms with van der Waals surface area (Å²) in [6.45, 7) is 1.12. The second-order valence-corrected chi connectivity index (χ2v) is 4.99. The molecule has 2 rings (SSSR count). The number of phenols is 1. The minimum atomic E-state index is -0.745. The van der Waals surface area contributed by atoms with E-state index in [9.17, 15) is 15.0 Å². The number of carbonyl (C=O) groups excluding carboxylic acids is 1. The Kier molecular flexibility index (Phi) is 5.96.